The van der Waals surface area contributed by atoms with Crippen molar-refractivity contribution >= 4 is 25.9 Å². The molecule has 1 atom stereocenters. The molecular weight excluding hydrogens is 515 g/mol. The van der Waals surface area contributed by atoms with Crippen LogP contribution in [0.3, 0.4) is 0 Å². The molecule has 0 spiro atoms. The summed E-state index contributed by atoms with van der Waals surface area (Å²) < 4.78 is 94.0. The van der Waals surface area contributed by atoms with Gasteiger partial charge in [0.2, 0.25) is 19.9 Å². The Morgan fingerprint density at radius 1 is 0.889 bits per heavy atom. The van der Waals surface area contributed by atoms with Gasteiger partial charge in [-0.15, -0.1) is 0 Å². The Kier molecular flexibility index (Phi) is 7.00. The molecule has 0 bridgehead atoms. The van der Waals surface area contributed by atoms with Gasteiger partial charge in [0, 0.05) is 6.04 Å². The molecule has 2 N–H and O–H groups in total. The minimum absolute atomic E-state index is 0.0719. The topological polar surface area (TPSA) is 101 Å². The van der Waals surface area contributed by atoms with Gasteiger partial charge in [0.05, 0.1) is 21.1 Å². The van der Waals surface area contributed by atoms with E-state index < -0.39 is 49.0 Å². The SMILES string of the molecule is O=S(=O)(CC=Cc1cc(S(=O)(=O)c2ccccc2)ccc1C(F)(F)F)NC1Cc2ccc(O)cc2C1. The summed E-state index contributed by atoms with van der Waals surface area (Å²) in [5, 5.41) is 9.59. The van der Waals surface area contributed by atoms with Crippen molar-refractivity contribution in [1.82, 2.24) is 4.72 Å². The number of aromatic hydroxyl groups is 1. The van der Waals surface area contributed by atoms with E-state index in [0.29, 0.717) is 18.9 Å². The van der Waals surface area contributed by atoms with Crippen molar-refractivity contribution in [2.45, 2.75) is 34.9 Å². The van der Waals surface area contributed by atoms with Crippen molar-refractivity contribution in [2.24, 2.45) is 0 Å². The number of hydrogen-bond donors (Lipinski definition) is 2. The molecule has 3 aromatic rings. The first-order valence-corrected chi connectivity index (χ1v) is 14.0. The molecule has 4 rings (SSSR count). The molecule has 0 saturated carbocycles. The second-order valence-corrected chi connectivity index (χ2v) is 12.2. The maximum atomic E-state index is 13.6. The molecule has 11 heteroatoms. The predicted molar refractivity (Wildman–Crippen MR) is 129 cm³/mol. The zero-order valence-electron chi connectivity index (χ0n) is 18.7. The number of phenols is 1. The molecule has 0 aromatic heterocycles. The Labute approximate surface area is 207 Å². The number of phenolic OH excluding ortho intramolecular Hbond substituents is 1. The van der Waals surface area contributed by atoms with Crippen molar-refractivity contribution in [3.8, 4) is 5.75 Å². The van der Waals surface area contributed by atoms with E-state index in [9.17, 15) is 35.1 Å². The zero-order valence-corrected chi connectivity index (χ0v) is 20.4. The lowest BCUT2D eigenvalue weighted by molar-refractivity contribution is -0.137. The van der Waals surface area contributed by atoms with Gasteiger partial charge < -0.3 is 5.11 Å². The van der Waals surface area contributed by atoms with Crippen molar-refractivity contribution in [1.29, 1.82) is 0 Å². The van der Waals surface area contributed by atoms with Gasteiger partial charge in [-0.1, -0.05) is 36.4 Å². The number of sulfonamides is 1. The minimum atomic E-state index is -4.77. The van der Waals surface area contributed by atoms with E-state index in [1.54, 1.807) is 18.2 Å². The second kappa shape index (κ2) is 9.72. The highest BCUT2D eigenvalue weighted by molar-refractivity contribution is 7.91. The number of benzene rings is 3. The third-order valence-corrected chi connectivity index (χ3v) is 8.87. The van der Waals surface area contributed by atoms with Gasteiger partial charge in [-0.05, 0) is 72.0 Å². The van der Waals surface area contributed by atoms with Crippen molar-refractivity contribution in [3.63, 3.8) is 0 Å². The first-order chi connectivity index (χ1) is 16.8. The van der Waals surface area contributed by atoms with Gasteiger partial charge >= 0.3 is 6.18 Å². The number of rotatable bonds is 7. The number of alkyl halides is 3. The smallest absolute Gasteiger partial charge is 0.416 e. The highest BCUT2D eigenvalue weighted by Gasteiger charge is 2.34. The standard InChI is InChI=1S/C25H22F3NO5S2/c26-25(27,28)24-11-10-23(36(33,34)22-6-2-1-3-7-22)16-18(24)5-4-12-35(31,32)29-20-13-17-8-9-21(30)15-19(17)14-20/h1-11,15-16,20,29-30H,12-14H2. The molecule has 36 heavy (non-hydrogen) atoms. The Morgan fingerprint density at radius 2 is 1.58 bits per heavy atom. The molecule has 0 radical (unpaired) electrons. The average molecular weight is 538 g/mol. The lowest BCUT2D eigenvalue weighted by Crippen LogP contribution is -2.36. The molecule has 6 nitrogen and oxygen atoms in total. The summed E-state index contributed by atoms with van der Waals surface area (Å²) in [6.07, 6.45) is -1.94. The molecule has 0 fully saturated rings. The summed E-state index contributed by atoms with van der Waals surface area (Å²) in [5.41, 5.74) is 0.187. The Bertz CT molecular complexity index is 1520. The molecule has 0 amide bonds. The molecule has 1 aliphatic carbocycles. The fourth-order valence-corrected chi connectivity index (χ4v) is 6.57. The van der Waals surface area contributed by atoms with Crippen molar-refractivity contribution in [3.05, 3.63) is 95.1 Å². The molecule has 3 aromatic carbocycles. The van der Waals surface area contributed by atoms with Crippen LogP contribution in [0.1, 0.15) is 22.3 Å². The number of halogens is 3. The van der Waals surface area contributed by atoms with E-state index in [-0.39, 0.29) is 15.5 Å². The summed E-state index contributed by atoms with van der Waals surface area (Å²) in [6, 6.07) is 14.1. The van der Waals surface area contributed by atoms with Crippen LogP contribution in [-0.4, -0.2) is 33.7 Å². The van der Waals surface area contributed by atoms with Gasteiger partial charge in [-0.3, -0.25) is 0 Å². The summed E-state index contributed by atoms with van der Waals surface area (Å²) >= 11 is 0. The van der Waals surface area contributed by atoms with Crippen LogP contribution in [0.25, 0.3) is 6.08 Å². The van der Waals surface area contributed by atoms with E-state index in [0.717, 1.165) is 35.4 Å². The quantitative estimate of drug-likeness (QED) is 0.467. The molecule has 0 heterocycles. The number of hydrogen-bond acceptors (Lipinski definition) is 5. The maximum absolute atomic E-state index is 13.6. The monoisotopic (exact) mass is 537 g/mol. The van der Waals surface area contributed by atoms with E-state index in [2.05, 4.69) is 4.72 Å². The van der Waals surface area contributed by atoms with Crippen LogP contribution < -0.4 is 4.72 Å². The highest BCUT2D eigenvalue weighted by Crippen LogP contribution is 2.35. The molecular formula is C25H22F3NO5S2. The van der Waals surface area contributed by atoms with Crippen LogP contribution in [0.2, 0.25) is 0 Å². The van der Waals surface area contributed by atoms with Crippen LogP contribution in [0.5, 0.6) is 5.75 Å². The second-order valence-electron chi connectivity index (χ2n) is 8.42. The number of nitrogens with one attached hydrogen (secondary N) is 1. The summed E-state index contributed by atoms with van der Waals surface area (Å²) in [6.45, 7) is 0. The number of sulfone groups is 1. The fraction of sp³-hybridized carbons (Fsp3) is 0.200. The average Bonchev–Trinajstić information content (AvgIpc) is 3.19. The van der Waals surface area contributed by atoms with Crippen LogP contribution >= 0.6 is 0 Å². The van der Waals surface area contributed by atoms with Crippen molar-refractivity contribution < 1.29 is 35.1 Å². The van der Waals surface area contributed by atoms with Crippen LogP contribution in [0.15, 0.2) is 82.6 Å². The van der Waals surface area contributed by atoms with Crippen molar-refractivity contribution in [2.75, 3.05) is 5.75 Å². The third-order valence-electron chi connectivity index (χ3n) is 5.77. The lowest BCUT2D eigenvalue weighted by Gasteiger charge is -2.13. The van der Waals surface area contributed by atoms with Gasteiger partial charge in [0.1, 0.15) is 5.75 Å². The first-order valence-electron chi connectivity index (χ1n) is 10.8. The molecule has 0 saturated heterocycles. The number of fused-ring (bicyclic) bond motifs is 1. The molecule has 190 valence electrons. The van der Waals surface area contributed by atoms with E-state index in [1.165, 1.54) is 30.3 Å². The third kappa shape index (κ3) is 5.80. The largest absolute Gasteiger partial charge is 0.508 e. The normalized spacial score (nSPS) is 16.4. The van der Waals surface area contributed by atoms with Gasteiger partial charge in [0.25, 0.3) is 0 Å². The van der Waals surface area contributed by atoms with E-state index in [4.69, 9.17) is 0 Å². The molecule has 0 aliphatic heterocycles. The van der Waals surface area contributed by atoms with Crippen LogP contribution in [0.4, 0.5) is 13.2 Å². The summed E-state index contributed by atoms with van der Waals surface area (Å²) in [5.74, 6) is -0.518. The predicted octanol–water partition coefficient (Wildman–Crippen LogP) is 4.34. The van der Waals surface area contributed by atoms with E-state index >= 15 is 0 Å². The lowest BCUT2D eigenvalue weighted by atomic mass is 10.1. The highest BCUT2D eigenvalue weighted by atomic mass is 32.2. The van der Waals surface area contributed by atoms with Gasteiger partial charge in [-0.2, -0.15) is 13.2 Å². The summed E-state index contributed by atoms with van der Waals surface area (Å²) in [4.78, 5) is -0.411. The zero-order chi connectivity index (χ0) is 26.1. The molecule has 1 unspecified atom stereocenters. The Hall–Kier alpha value is -3.15. The Morgan fingerprint density at radius 3 is 2.28 bits per heavy atom. The van der Waals surface area contributed by atoms with Gasteiger partial charge in [-0.25, -0.2) is 21.6 Å². The van der Waals surface area contributed by atoms with Crippen LogP contribution in [0, 0.1) is 0 Å². The van der Waals surface area contributed by atoms with Gasteiger partial charge in [0.15, 0.2) is 0 Å². The summed E-state index contributed by atoms with van der Waals surface area (Å²) in [7, 11) is -7.96. The fourth-order valence-electron chi connectivity index (χ4n) is 4.13. The first kappa shape index (κ1) is 25.9. The van der Waals surface area contributed by atoms with Crippen LogP contribution in [-0.2, 0) is 38.9 Å². The molecule has 1 aliphatic rings. The minimum Gasteiger partial charge on any atom is -0.508 e. The van der Waals surface area contributed by atoms with E-state index in [1.807, 2.05) is 0 Å². The maximum Gasteiger partial charge on any atom is 0.416 e. The Balaban J connectivity index is 1.54.